The van der Waals surface area contributed by atoms with Gasteiger partial charge in [0.15, 0.2) is 0 Å². The summed E-state index contributed by atoms with van der Waals surface area (Å²) in [6.07, 6.45) is 0.177. The molecule has 124 valence electrons. The number of carbonyl (C=O) groups is 1. The molecule has 24 heavy (non-hydrogen) atoms. The van der Waals surface area contributed by atoms with E-state index in [0.29, 0.717) is 13.0 Å². The first kappa shape index (κ1) is 17.6. The number of benzene rings is 2. The summed E-state index contributed by atoms with van der Waals surface area (Å²) in [7, 11) is 0. The molecular formula is C21H23NO2. The Balaban J connectivity index is 1.81. The Morgan fingerprint density at radius 2 is 1.62 bits per heavy atom. The Hall–Kier alpha value is -2.73. The average molecular weight is 321 g/mol. The van der Waals surface area contributed by atoms with Crippen molar-refractivity contribution in [3.63, 3.8) is 0 Å². The molecule has 1 amide bonds. The highest BCUT2D eigenvalue weighted by atomic mass is 16.6. The van der Waals surface area contributed by atoms with E-state index in [1.54, 1.807) is 0 Å². The van der Waals surface area contributed by atoms with Gasteiger partial charge in [0.2, 0.25) is 0 Å². The Morgan fingerprint density at radius 3 is 2.25 bits per heavy atom. The zero-order valence-corrected chi connectivity index (χ0v) is 14.4. The smallest absolute Gasteiger partial charge is 0.407 e. The fourth-order valence-electron chi connectivity index (χ4n) is 2.08. The van der Waals surface area contributed by atoms with E-state index in [9.17, 15) is 4.79 Å². The molecule has 0 aromatic heterocycles. The molecule has 3 heteroatoms. The van der Waals surface area contributed by atoms with E-state index < -0.39 is 11.7 Å². The first-order valence-electron chi connectivity index (χ1n) is 8.05. The zero-order valence-electron chi connectivity index (χ0n) is 14.4. The van der Waals surface area contributed by atoms with E-state index in [-0.39, 0.29) is 0 Å². The van der Waals surface area contributed by atoms with Gasteiger partial charge < -0.3 is 10.1 Å². The lowest BCUT2D eigenvalue weighted by molar-refractivity contribution is 0.0529. The summed E-state index contributed by atoms with van der Waals surface area (Å²) in [5.74, 6) is 6.16. The van der Waals surface area contributed by atoms with Gasteiger partial charge in [-0.05, 0) is 44.0 Å². The van der Waals surface area contributed by atoms with Crippen LogP contribution in [-0.4, -0.2) is 18.2 Å². The van der Waals surface area contributed by atoms with Crippen LogP contribution in [0.4, 0.5) is 4.79 Å². The van der Waals surface area contributed by atoms with E-state index >= 15 is 0 Å². The maximum absolute atomic E-state index is 11.5. The molecule has 0 bridgehead atoms. The van der Waals surface area contributed by atoms with Crippen molar-refractivity contribution in [2.75, 3.05) is 6.54 Å². The highest BCUT2D eigenvalue weighted by molar-refractivity contribution is 5.67. The normalized spacial score (nSPS) is 10.5. The van der Waals surface area contributed by atoms with E-state index in [1.165, 1.54) is 11.1 Å². The molecule has 0 heterocycles. The molecule has 3 nitrogen and oxygen atoms in total. The Bertz CT molecular complexity index is 716. The van der Waals surface area contributed by atoms with Crippen LogP contribution in [0.1, 0.15) is 32.8 Å². The zero-order chi connectivity index (χ0) is 17.4. The van der Waals surface area contributed by atoms with Crippen LogP contribution in [-0.2, 0) is 4.74 Å². The van der Waals surface area contributed by atoms with E-state index in [1.807, 2.05) is 51.1 Å². The van der Waals surface area contributed by atoms with Crippen molar-refractivity contribution in [3.8, 4) is 23.0 Å². The second-order valence-electron chi connectivity index (χ2n) is 6.42. The minimum Gasteiger partial charge on any atom is -0.444 e. The maximum atomic E-state index is 11.5. The Labute approximate surface area is 144 Å². The fraction of sp³-hybridized carbons (Fsp3) is 0.286. The molecule has 0 spiro atoms. The molecule has 0 radical (unpaired) electrons. The summed E-state index contributed by atoms with van der Waals surface area (Å²) < 4.78 is 5.16. The Kier molecular flexibility index (Phi) is 6.03. The third kappa shape index (κ3) is 6.18. The van der Waals surface area contributed by atoms with Crippen molar-refractivity contribution in [1.29, 1.82) is 0 Å². The lowest BCUT2D eigenvalue weighted by Gasteiger charge is -2.19. The highest BCUT2D eigenvalue weighted by Gasteiger charge is 2.15. The standard InChI is InChI=1S/C21H23NO2/c1-21(2,3)24-20(23)22-16-8-7-9-17-12-14-19(15-13-17)18-10-5-4-6-11-18/h4-6,10-15H,8,16H2,1-3H3,(H,22,23). The summed E-state index contributed by atoms with van der Waals surface area (Å²) in [6, 6.07) is 18.4. The van der Waals surface area contributed by atoms with Gasteiger partial charge in [-0.25, -0.2) is 4.79 Å². The summed E-state index contributed by atoms with van der Waals surface area (Å²) >= 11 is 0. The van der Waals surface area contributed by atoms with Crippen LogP contribution in [0.15, 0.2) is 54.6 Å². The lowest BCUT2D eigenvalue weighted by atomic mass is 10.0. The van der Waals surface area contributed by atoms with Gasteiger partial charge in [0, 0.05) is 18.5 Å². The molecule has 0 saturated carbocycles. The number of amides is 1. The number of alkyl carbamates (subject to hydrolysis) is 1. The van der Waals surface area contributed by atoms with Gasteiger partial charge in [-0.1, -0.05) is 54.3 Å². The molecule has 0 aliphatic carbocycles. The molecule has 0 fully saturated rings. The van der Waals surface area contributed by atoms with E-state index in [0.717, 1.165) is 5.56 Å². The second kappa shape index (κ2) is 8.21. The molecule has 1 N–H and O–H groups in total. The minimum atomic E-state index is -0.476. The van der Waals surface area contributed by atoms with Gasteiger partial charge in [0.25, 0.3) is 0 Å². The van der Waals surface area contributed by atoms with Crippen LogP contribution in [0.3, 0.4) is 0 Å². The predicted molar refractivity (Wildman–Crippen MR) is 97.6 cm³/mol. The lowest BCUT2D eigenvalue weighted by Crippen LogP contribution is -2.32. The van der Waals surface area contributed by atoms with E-state index in [4.69, 9.17) is 4.74 Å². The number of nitrogens with one attached hydrogen (secondary N) is 1. The van der Waals surface area contributed by atoms with Crippen LogP contribution < -0.4 is 5.32 Å². The fourth-order valence-corrected chi connectivity index (χ4v) is 2.08. The van der Waals surface area contributed by atoms with Crippen LogP contribution in [0.5, 0.6) is 0 Å². The number of hydrogen-bond donors (Lipinski definition) is 1. The van der Waals surface area contributed by atoms with Crippen molar-refractivity contribution >= 4 is 6.09 Å². The Morgan fingerprint density at radius 1 is 1.00 bits per heavy atom. The molecular weight excluding hydrogens is 298 g/mol. The van der Waals surface area contributed by atoms with Gasteiger partial charge in [-0.2, -0.15) is 0 Å². The number of ether oxygens (including phenoxy) is 1. The van der Waals surface area contributed by atoms with Crippen LogP contribution in [0, 0.1) is 11.8 Å². The average Bonchev–Trinajstić information content (AvgIpc) is 2.54. The van der Waals surface area contributed by atoms with Gasteiger partial charge >= 0.3 is 6.09 Å². The first-order valence-corrected chi connectivity index (χ1v) is 8.05. The van der Waals surface area contributed by atoms with Crippen LogP contribution in [0.2, 0.25) is 0 Å². The summed E-state index contributed by atoms with van der Waals surface area (Å²) in [5.41, 5.74) is 2.86. The van der Waals surface area contributed by atoms with E-state index in [2.05, 4.69) is 41.4 Å². The largest absolute Gasteiger partial charge is 0.444 e. The monoisotopic (exact) mass is 321 g/mol. The van der Waals surface area contributed by atoms with Gasteiger partial charge in [0.05, 0.1) is 0 Å². The van der Waals surface area contributed by atoms with Gasteiger partial charge in [0.1, 0.15) is 5.60 Å². The number of rotatable bonds is 3. The molecule has 0 aliphatic rings. The third-order valence-corrected chi connectivity index (χ3v) is 3.14. The van der Waals surface area contributed by atoms with Crippen molar-refractivity contribution in [1.82, 2.24) is 5.32 Å². The molecule has 0 saturated heterocycles. The first-order chi connectivity index (χ1) is 11.4. The maximum Gasteiger partial charge on any atom is 0.407 e. The predicted octanol–water partition coefficient (Wildman–Crippen LogP) is 4.62. The quantitative estimate of drug-likeness (QED) is 0.662. The van der Waals surface area contributed by atoms with Crippen LogP contribution >= 0.6 is 0 Å². The topological polar surface area (TPSA) is 38.3 Å². The SMILES string of the molecule is CC(C)(C)OC(=O)NCCC#Cc1ccc(-c2ccccc2)cc1. The van der Waals surface area contributed by atoms with Crippen molar-refractivity contribution in [3.05, 3.63) is 60.2 Å². The van der Waals surface area contributed by atoms with Gasteiger partial charge in [-0.15, -0.1) is 0 Å². The van der Waals surface area contributed by atoms with Crippen molar-refractivity contribution < 1.29 is 9.53 Å². The number of carbonyl (C=O) groups excluding carboxylic acids is 1. The molecule has 2 aromatic rings. The summed E-state index contributed by atoms with van der Waals surface area (Å²) in [5, 5.41) is 2.69. The minimum absolute atomic E-state index is 0.406. The number of hydrogen-bond acceptors (Lipinski definition) is 2. The molecule has 0 atom stereocenters. The summed E-state index contributed by atoms with van der Waals surface area (Å²) in [6.45, 7) is 5.99. The second-order valence-corrected chi connectivity index (χ2v) is 6.42. The molecule has 2 rings (SSSR count). The summed E-state index contributed by atoms with van der Waals surface area (Å²) in [4.78, 5) is 11.5. The molecule has 0 aliphatic heterocycles. The van der Waals surface area contributed by atoms with Crippen molar-refractivity contribution in [2.24, 2.45) is 0 Å². The van der Waals surface area contributed by atoms with Crippen molar-refractivity contribution in [2.45, 2.75) is 32.8 Å². The van der Waals surface area contributed by atoms with Crippen LogP contribution in [0.25, 0.3) is 11.1 Å². The molecule has 0 unspecified atom stereocenters. The van der Waals surface area contributed by atoms with Gasteiger partial charge in [-0.3, -0.25) is 0 Å². The molecule has 2 aromatic carbocycles. The third-order valence-electron chi connectivity index (χ3n) is 3.14. The highest BCUT2D eigenvalue weighted by Crippen LogP contribution is 2.18.